The molecular weight excluding hydrogens is 248 g/mol. The zero-order chi connectivity index (χ0) is 5.98. The predicted molar refractivity (Wildman–Crippen MR) is 46.2 cm³/mol. The van der Waals surface area contributed by atoms with Crippen molar-refractivity contribution in [3.8, 4) is 0 Å². The number of alkyl halides is 1. The van der Waals surface area contributed by atoms with Crippen LogP contribution in [0.4, 0.5) is 0 Å². The number of hydrogen-bond donors (Lipinski definition) is 0. The van der Waals surface area contributed by atoms with Gasteiger partial charge in [-0.05, 0) is 6.07 Å². The Hall–Kier alpha value is 0.170. The molecule has 1 rings (SSSR count). The van der Waals surface area contributed by atoms with Gasteiger partial charge in [0.25, 0.3) is 0 Å². The molecule has 0 N–H and O–H groups in total. The average molecular weight is 256 g/mol. The van der Waals surface area contributed by atoms with Crippen LogP contribution in [0, 0.1) is 0 Å². The summed E-state index contributed by atoms with van der Waals surface area (Å²) in [6, 6.07) is 1.98. The molecule has 0 aromatic carbocycles. The highest BCUT2D eigenvalue weighted by Gasteiger charge is 1.89. The molecule has 0 bridgehead atoms. The van der Waals surface area contributed by atoms with Crippen LogP contribution in [0.1, 0.15) is 5.69 Å². The SMILES string of the molecule is Br.Cn1ccc(CBr)n1. The van der Waals surface area contributed by atoms with Crippen LogP contribution in [0.3, 0.4) is 0 Å². The van der Waals surface area contributed by atoms with Gasteiger partial charge in [0.05, 0.1) is 5.69 Å². The lowest BCUT2D eigenvalue weighted by molar-refractivity contribution is 0.755. The zero-order valence-electron chi connectivity index (χ0n) is 5.04. The van der Waals surface area contributed by atoms with Gasteiger partial charge in [-0.3, -0.25) is 4.68 Å². The second-order valence-electron chi connectivity index (χ2n) is 1.61. The van der Waals surface area contributed by atoms with Gasteiger partial charge in [-0.15, -0.1) is 17.0 Å². The van der Waals surface area contributed by atoms with Gasteiger partial charge in [-0.1, -0.05) is 15.9 Å². The minimum atomic E-state index is 0. The van der Waals surface area contributed by atoms with E-state index in [-0.39, 0.29) is 17.0 Å². The van der Waals surface area contributed by atoms with Gasteiger partial charge in [0.1, 0.15) is 0 Å². The molecule has 1 heterocycles. The van der Waals surface area contributed by atoms with Crippen molar-refractivity contribution in [3.05, 3.63) is 18.0 Å². The van der Waals surface area contributed by atoms with E-state index >= 15 is 0 Å². The lowest BCUT2D eigenvalue weighted by atomic mass is 10.5. The molecule has 52 valence electrons. The highest BCUT2D eigenvalue weighted by molar-refractivity contribution is 9.08. The number of nitrogens with zero attached hydrogens (tertiary/aromatic N) is 2. The predicted octanol–water partition coefficient (Wildman–Crippen LogP) is 1.89. The van der Waals surface area contributed by atoms with Gasteiger partial charge in [-0.25, -0.2) is 0 Å². The van der Waals surface area contributed by atoms with E-state index in [0.717, 1.165) is 11.0 Å². The normalized spacial score (nSPS) is 8.67. The van der Waals surface area contributed by atoms with E-state index in [2.05, 4.69) is 21.0 Å². The highest BCUT2D eigenvalue weighted by atomic mass is 79.9. The molecule has 0 spiro atoms. The minimum absolute atomic E-state index is 0. The molecule has 0 amide bonds. The van der Waals surface area contributed by atoms with Crippen LogP contribution in [0.5, 0.6) is 0 Å². The Bertz CT molecular complexity index is 173. The van der Waals surface area contributed by atoms with Gasteiger partial charge in [0.15, 0.2) is 0 Å². The van der Waals surface area contributed by atoms with E-state index in [4.69, 9.17) is 0 Å². The first-order valence-electron chi connectivity index (χ1n) is 2.37. The maximum Gasteiger partial charge on any atom is 0.0729 e. The van der Waals surface area contributed by atoms with E-state index in [9.17, 15) is 0 Å². The molecule has 0 fully saturated rings. The molecule has 4 heteroatoms. The summed E-state index contributed by atoms with van der Waals surface area (Å²) in [5, 5.41) is 4.94. The van der Waals surface area contributed by atoms with Gasteiger partial charge in [0.2, 0.25) is 0 Å². The summed E-state index contributed by atoms with van der Waals surface area (Å²) in [4.78, 5) is 0. The third kappa shape index (κ3) is 2.49. The summed E-state index contributed by atoms with van der Waals surface area (Å²) < 4.78 is 1.79. The fourth-order valence-electron chi connectivity index (χ4n) is 0.534. The van der Waals surface area contributed by atoms with Crippen molar-refractivity contribution >= 4 is 32.9 Å². The smallest absolute Gasteiger partial charge is 0.0729 e. The summed E-state index contributed by atoms with van der Waals surface area (Å²) in [6.07, 6.45) is 1.93. The molecule has 0 saturated heterocycles. The van der Waals surface area contributed by atoms with Crippen molar-refractivity contribution in [3.63, 3.8) is 0 Å². The third-order valence-electron chi connectivity index (χ3n) is 0.906. The first kappa shape index (κ1) is 9.17. The van der Waals surface area contributed by atoms with E-state index in [1.54, 1.807) is 4.68 Å². The molecule has 0 aliphatic heterocycles. The van der Waals surface area contributed by atoms with Crippen LogP contribution in [0.2, 0.25) is 0 Å². The Labute approximate surface area is 73.1 Å². The van der Waals surface area contributed by atoms with Crippen molar-refractivity contribution < 1.29 is 0 Å². The van der Waals surface area contributed by atoms with Crippen LogP contribution < -0.4 is 0 Å². The van der Waals surface area contributed by atoms with E-state index in [1.165, 1.54) is 0 Å². The van der Waals surface area contributed by atoms with E-state index < -0.39 is 0 Å². The lowest BCUT2D eigenvalue weighted by Crippen LogP contribution is -1.87. The molecular formula is C5H8Br2N2. The lowest BCUT2D eigenvalue weighted by Gasteiger charge is -1.82. The summed E-state index contributed by atoms with van der Waals surface area (Å²) in [5.74, 6) is 0. The Kier molecular flexibility index (Phi) is 4.14. The largest absolute Gasteiger partial charge is 0.276 e. The molecule has 1 aromatic rings. The topological polar surface area (TPSA) is 17.8 Å². The number of hydrogen-bond acceptors (Lipinski definition) is 1. The molecule has 0 atom stereocenters. The van der Waals surface area contributed by atoms with Crippen LogP contribution >= 0.6 is 32.9 Å². The van der Waals surface area contributed by atoms with Crippen molar-refractivity contribution in [1.29, 1.82) is 0 Å². The summed E-state index contributed by atoms with van der Waals surface area (Å²) >= 11 is 3.29. The van der Waals surface area contributed by atoms with Gasteiger partial charge < -0.3 is 0 Å². The summed E-state index contributed by atoms with van der Waals surface area (Å²) in [7, 11) is 1.91. The Morgan fingerprint density at radius 3 is 2.67 bits per heavy atom. The summed E-state index contributed by atoms with van der Waals surface area (Å²) in [5.41, 5.74) is 1.08. The van der Waals surface area contributed by atoms with Gasteiger partial charge in [-0.2, -0.15) is 5.10 Å². The minimum Gasteiger partial charge on any atom is -0.276 e. The van der Waals surface area contributed by atoms with Crippen molar-refractivity contribution in [2.24, 2.45) is 7.05 Å². The molecule has 2 nitrogen and oxygen atoms in total. The van der Waals surface area contributed by atoms with Crippen LogP contribution in [-0.2, 0) is 12.4 Å². The molecule has 0 aliphatic rings. The number of rotatable bonds is 1. The van der Waals surface area contributed by atoms with E-state index in [1.807, 2.05) is 19.3 Å². The Balaban J connectivity index is 0.000000640. The van der Waals surface area contributed by atoms with E-state index in [0.29, 0.717) is 0 Å². The van der Waals surface area contributed by atoms with Gasteiger partial charge in [0, 0.05) is 18.6 Å². The first-order valence-corrected chi connectivity index (χ1v) is 3.49. The average Bonchev–Trinajstić information content (AvgIpc) is 2.14. The first-order chi connectivity index (χ1) is 3.83. The Morgan fingerprint density at radius 2 is 2.44 bits per heavy atom. The molecule has 0 unspecified atom stereocenters. The van der Waals surface area contributed by atoms with Crippen LogP contribution in [-0.4, -0.2) is 9.78 Å². The molecule has 9 heavy (non-hydrogen) atoms. The maximum absolute atomic E-state index is 4.10. The summed E-state index contributed by atoms with van der Waals surface area (Å²) in [6.45, 7) is 0. The van der Waals surface area contributed by atoms with Gasteiger partial charge >= 0.3 is 0 Å². The maximum atomic E-state index is 4.10. The molecule has 1 aromatic heterocycles. The number of aryl methyl sites for hydroxylation is 1. The zero-order valence-corrected chi connectivity index (χ0v) is 8.34. The fraction of sp³-hybridized carbons (Fsp3) is 0.400. The third-order valence-corrected chi connectivity index (χ3v) is 1.48. The fourth-order valence-corrected chi connectivity index (χ4v) is 0.834. The molecule has 0 radical (unpaired) electrons. The quantitative estimate of drug-likeness (QED) is 0.701. The monoisotopic (exact) mass is 254 g/mol. The Morgan fingerprint density at radius 1 is 1.78 bits per heavy atom. The molecule has 0 saturated carbocycles. The van der Waals surface area contributed by atoms with Crippen LogP contribution in [0.15, 0.2) is 12.3 Å². The highest BCUT2D eigenvalue weighted by Crippen LogP contribution is 1.98. The van der Waals surface area contributed by atoms with Crippen molar-refractivity contribution in [2.75, 3.05) is 0 Å². The van der Waals surface area contributed by atoms with Crippen molar-refractivity contribution in [1.82, 2.24) is 9.78 Å². The second-order valence-corrected chi connectivity index (χ2v) is 2.18. The second kappa shape index (κ2) is 4.06. The van der Waals surface area contributed by atoms with Crippen molar-refractivity contribution in [2.45, 2.75) is 5.33 Å². The number of halogens is 2. The standard InChI is InChI=1S/C5H7BrN2.BrH/c1-8-3-2-5(4-6)7-8;/h2-3H,4H2,1H3;1H. The molecule has 0 aliphatic carbocycles. The number of aromatic nitrogens is 2. The van der Waals surface area contributed by atoms with Crippen LogP contribution in [0.25, 0.3) is 0 Å².